The van der Waals surface area contributed by atoms with Crippen molar-refractivity contribution in [2.45, 2.75) is 6.92 Å². The summed E-state index contributed by atoms with van der Waals surface area (Å²) >= 11 is 11.6. The van der Waals surface area contributed by atoms with Crippen molar-refractivity contribution < 1.29 is 26.7 Å². The molecule has 2 aromatic carbocycles. The van der Waals surface area contributed by atoms with Crippen LogP contribution in [0.2, 0.25) is 10.0 Å². The van der Waals surface area contributed by atoms with Crippen LogP contribution >= 0.6 is 23.2 Å². The van der Waals surface area contributed by atoms with Crippen LogP contribution < -0.4 is 10.2 Å². The van der Waals surface area contributed by atoms with Crippen LogP contribution in [0.5, 0.6) is 5.75 Å². The Bertz CT molecular complexity index is 1400. The molecule has 0 aliphatic carbocycles. The Morgan fingerprint density at radius 1 is 0.543 bits per heavy atom. The van der Waals surface area contributed by atoms with Gasteiger partial charge in [0.1, 0.15) is 0 Å². The molecule has 0 bridgehead atoms. The number of benzene rings is 2. The van der Waals surface area contributed by atoms with Gasteiger partial charge in [-0.15, -0.1) is 0 Å². The summed E-state index contributed by atoms with van der Waals surface area (Å²) in [5.74, 6) is -0.740. The van der Waals surface area contributed by atoms with Gasteiger partial charge in [0.2, 0.25) is 0 Å². The molecule has 0 saturated carbocycles. The molecule has 0 N–H and O–H groups in total. The number of hydrogen-bond acceptors (Lipinski definition) is 8. The van der Waals surface area contributed by atoms with E-state index >= 15 is 0 Å². The molecule has 0 aliphatic heterocycles. The van der Waals surface area contributed by atoms with Gasteiger partial charge in [-0.3, -0.25) is 19.9 Å². The second-order valence-electron chi connectivity index (χ2n) is 8.34. The Labute approximate surface area is 289 Å². The molecule has 6 rings (SSSR count). The van der Waals surface area contributed by atoms with E-state index < -0.39 is 5.90 Å². The zero-order valence-electron chi connectivity index (χ0n) is 24.7. The summed E-state index contributed by atoms with van der Waals surface area (Å²) in [6.07, 6.45) is 14.0. The van der Waals surface area contributed by atoms with E-state index in [0.29, 0.717) is 26.9 Å². The van der Waals surface area contributed by atoms with Crippen molar-refractivity contribution in [3.8, 4) is 5.75 Å². The fraction of sp³-hybridized carbons (Fsp3) is 0.0286. The minimum Gasteiger partial charge on any atom is -0.872 e. The van der Waals surface area contributed by atoms with Crippen molar-refractivity contribution in [3.05, 3.63) is 186 Å². The Kier molecular flexibility index (Phi) is 21.6. The van der Waals surface area contributed by atoms with Crippen LogP contribution in [0.4, 0.5) is 0 Å². The van der Waals surface area contributed by atoms with Crippen LogP contribution in [0, 0.1) is 0 Å². The van der Waals surface area contributed by atoms with Gasteiger partial charge in [0.15, 0.2) is 0 Å². The van der Waals surface area contributed by atoms with Crippen molar-refractivity contribution >= 4 is 34.8 Å². The molecule has 0 saturated heterocycles. The van der Waals surface area contributed by atoms with Gasteiger partial charge >= 0.3 is 16.5 Å². The molecule has 4 heterocycles. The first-order valence-corrected chi connectivity index (χ1v) is 14.1. The van der Waals surface area contributed by atoms with Crippen LogP contribution in [0.15, 0.2) is 175 Å². The summed E-state index contributed by atoms with van der Waals surface area (Å²) in [5, 5.41) is 31.8. The summed E-state index contributed by atoms with van der Waals surface area (Å²) in [5.41, 5.74) is 1.00. The molecule has 46 heavy (non-hydrogen) atoms. The normalized spacial score (nSPS) is 9.89. The van der Waals surface area contributed by atoms with Crippen LogP contribution in [-0.4, -0.2) is 31.5 Å². The van der Waals surface area contributed by atoms with Crippen molar-refractivity contribution in [1.82, 2.24) is 19.9 Å². The molecule has 0 unspecified atom stereocenters. The molecule has 4 aromatic heterocycles. The van der Waals surface area contributed by atoms with E-state index in [1.807, 2.05) is 72.8 Å². The molecule has 6 aromatic rings. The van der Waals surface area contributed by atoms with Gasteiger partial charge < -0.3 is 10.2 Å². The summed E-state index contributed by atoms with van der Waals surface area (Å²) in [6, 6.07) is 33.5. The molecule has 0 radical (unpaired) electrons. The van der Waals surface area contributed by atoms with Crippen molar-refractivity contribution in [3.63, 3.8) is 0 Å². The van der Waals surface area contributed by atoms with E-state index in [9.17, 15) is 10.2 Å². The molecule has 8 nitrogen and oxygen atoms in total. The van der Waals surface area contributed by atoms with Crippen LogP contribution in [0.1, 0.15) is 18.1 Å². The number of nitrogens with zero attached hydrogens (tertiary/aromatic N) is 6. The number of hydrogen-bond donors (Lipinski definition) is 0. The third-order valence-corrected chi connectivity index (χ3v) is 5.47. The van der Waals surface area contributed by atoms with Gasteiger partial charge in [-0.1, -0.05) is 71.4 Å². The average Bonchev–Trinajstić information content (AvgIpc) is 3.12. The van der Waals surface area contributed by atoms with Gasteiger partial charge in [0.25, 0.3) is 0 Å². The SMILES string of the molecule is C/C(=N\N=C(/[O-])c1ccc(Cl)cc1)c1cc(Cl)ccc1[O-].[Ni+2].c1ccncc1.c1ccncc1.c1ccncc1.c1ccncc1. The minimum atomic E-state index is -0.513. The van der Waals surface area contributed by atoms with Crippen molar-refractivity contribution in [2.75, 3.05) is 0 Å². The third-order valence-electron chi connectivity index (χ3n) is 4.98. The van der Waals surface area contributed by atoms with Gasteiger partial charge in [-0.05, 0) is 90.8 Å². The van der Waals surface area contributed by atoms with E-state index in [2.05, 4.69) is 30.1 Å². The zero-order chi connectivity index (χ0) is 32.4. The molecule has 236 valence electrons. The van der Waals surface area contributed by atoms with Crippen LogP contribution in [0.25, 0.3) is 0 Å². The Morgan fingerprint density at radius 3 is 1.24 bits per heavy atom. The van der Waals surface area contributed by atoms with Gasteiger partial charge in [-0.2, -0.15) is 10.2 Å². The number of rotatable bonds is 3. The monoisotopic (exact) mass is 694 g/mol. The Balaban J connectivity index is 0.000000340. The first-order chi connectivity index (χ1) is 22.0. The first-order valence-electron chi connectivity index (χ1n) is 13.4. The third kappa shape index (κ3) is 18.7. The molecule has 0 aliphatic rings. The van der Waals surface area contributed by atoms with E-state index in [1.54, 1.807) is 80.8 Å². The number of pyridine rings is 4. The second kappa shape index (κ2) is 25.4. The van der Waals surface area contributed by atoms with Gasteiger partial charge in [0.05, 0.1) is 5.71 Å². The Hall–Kier alpha value is -4.95. The van der Waals surface area contributed by atoms with E-state index in [1.165, 1.54) is 18.2 Å². The molecule has 0 fully saturated rings. The van der Waals surface area contributed by atoms with Crippen molar-refractivity contribution in [1.29, 1.82) is 0 Å². The summed E-state index contributed by atoms with van der Waals surface area (Å²) < 4.78 is 0. The van der Waals surface area contributed by atoms with E-state index in [4.69, 9.17) is 23.2 Å². The maximum Gasteiger partial charge on any atom is 2.00 e. The summed E-state index contributed by atoms with van der Waals surface area (Å²) in [7, 11) is 0. The standard InChI is InChI=1S/C15H12Cl2N2O2.4C5H5N.Ni/c1-9(13-8-12(17)6-7-14(13)20)18-19-15(21)10-2-4-11(16)5-3-10;4*1-2-4-6-5-3-1;/h2-8,20H,1H3,(H,19,21);4*1-5H;/q;;;;;+2/p-2/b18-9+;;;;;. The fourth-order valence-electron chi connectivity index (χ4n) is 2.86. The summed E-state index contributed by atoms with van der Waals surface area (Å²) in [6.45, 7) is 1.59. The average molecular weight is 696 g/mol. The largest absolute Gasteiger partial charge is 2.00 e. The Morgan fingerprint density at radius 2 is 0.913 bits per heavy atom. The first kappa shape index (κ1) is 39.1. The molecular weight excluding hydrogens is 666 g/mol. The topological polar surface area (TPSA) is 122 Å². The maximum absolute atomic E-state index is 11.8. The minimum absolute atomic E-state index is 0. The molecule has 0 spiro atoms. The quantitative estimate of drug-likeness (QED) is 0.0857. The van der Waals surface area contributed by atoms with E-state index in [-0.39, 0.29) is 22.2 Å². The fourth-order valence-corrected chi connectivity index (χ4v) is 3.16. The van der Waals surface area contributed by atoms with Crippen molar-refractivity contribution in [2.24, 2.45) is 10.2 Å². The van der Waals surface area contributed by atoms with E-state index in [0.717, 1.165) is 0 Å². The van der Waals surface area contributed by atoms with Gasteiger partial charge in [-0.25, -0.2) is 0 Å². The smallest absolute Gasteiger partial charge is 0.872 e. The molecule has 11 heteroatoms. The second-order valence-corrected chi connectivity index (χ2v) is 9.21. The number of aromatic nitrogens is 4. The zero-order valence-corrected chi connectivity index (χ0v) is 27.2. The molecule has 0 atom stereocenters. The molecule has 0 amide bonds. The predicted molar refractivity (Wildman–Crippen MR) is 178 cm³/mol. The van der Waals surface area contributed by atoms with Gasteiger partial charge in [0, 0.05) is 65.5 Å². The molecular formula is C35H30Cl2N6NiO2. The van der Waals surface area contributed by atoms with Crippen LogP contribution in [0.3, 0.4) is 0 Å². The summed E-state index contributed by atoms with van der Waals surface area (Å²) in [4.78, 5) is 15.1. The maximum atomic E-state index is 11.8. The predicted octanol–water partition coefficient (Wildman–Crippen LogP) is 6.92. The van der Waals surface area contributed by atoms with Crippen LogP contribution in [-0.2, 0) is 16.5 Å². The number of halogens is 2.